The summed E-state index contributed by atoms with van der Waals surface area (Å²) in [5.41, 5.74) is 2.46. The van der Waals surface area contributed by atoms with Gasteiger partial charge in [-0.2, -0.15) is 0 Å². The third kappa shape index (κ3) is 3.89. The van der Waals surface area contributed by atoms with E-state index >= 15 is 0 Å². The Morgan fingerprint density at radius 2 is 2.00 bits per heavy atom. The average molecular weight is 308 g/mol. The van der Waals surface area contributed by atoms with Gasteiger partial charge in [0.25, 0.3) is 0 Å². The molecule has 1 saturated heterocycles. The van der Waals surface area contributed by atoms with Crippen molar-refractivity contribution in [3.05, 3.63) is 28.8 Å². The van der Waals surface area contributed by atoms with E-state index in [9.17, 15) is 4.79 Å². The summed E-state index contributed by atoms with van der Waals surface area (Å²) in [4.78, 5) is 16.4. The summed E-state index contributed by atoms with van der Waals surface area (Å²) in [7, 11) is 0. The molecule has 0 aromatic heterocycles. The Labute approximate surface area is 131 Å². The van der Waals surface area contributed by atoms with Crippen LogP contribution in [-0.4, -0.2) is 49.6 Å². The van der Waals surface area contributed by atoms with Gasteiger partial charge in [0.05, 0.1) is 6.54 Å². The van der Waals surface area contributed by atoms with E-state index in [-0.39, 0.29) is 5.91 Å². The SMILES string of the molecule is Cc1ccc(Cl)cc1N1CCN(CC(=O)NC2CC2)CC1. The molecule has 5 heteroatoms. The number of nitrogens with zero attached hydrogens (tertiary/aromatic N) is 2. The van der Waals surface area contributed by atoms with Crippen LogP contribution in [0.3, 0.4) is 0 Å². The summed E-state index contributed by atoms with van der Waals surface area (Å²) in [5.74, 6) is 0.171. The summed E-state index contributed by atoms with van der Waals surface area (Å²) in [5, 5.41) is 3.83. The van der Waals surface area contributed by atoms with Crippen molar-refractivity contribution >= 4 is 23.2 Å². The highest BCUT2D eigenvalue weighted by molar-refractivity contribution is 6.30. The van der Waals surface area contributed by atoms with Crippen molar-refractivity contribution < 1.29 is 4.79 Å². The summed E-state index contributed by atoms with van der Waals surface area (Å²) in [6.45, 7) is 6.36. The van der Waals surface area contributed by atoms with Gasteiger partial charge in [0.1, 0.15) is 0 Å². The van der Waals surface area contributed by atoms with Gasteiger partial charge in [-0.3, -0.25) is 9.69 Å². The van der Waals surface area contributed by atoms with Crippen molar-refractivity contribution in [1.29, 1.82) is 0 Å². The van der Waals surface area contributed by atoms with E-state index in [1.807, 2.05) is 12.1 Å². The molecule has 4 nitrogen and oxygen atoms in total. The van der Waals surface area contributed by atoms with Gasteiger partial charge >= 0.3 is 0 Å². The third-order valence-corrected chi connectivity index (χ3v) is 4.43. The Hall–Kier alpha value is -1.26. The number of nitrogens with one attached hydrogen (secondary N) is 1. The van der Waals surface area contributed by atoms with Crippen LogP contribution in [-0.2, 0) is 4.79 Å². The molecule has 1 aliphatic heterocycles. The second-order valence-electron chi connectivity index (χ2n) is 6.04. The predicted molar refractivity (Wildman–Crippen MR) is 86.0 cm³/mol. The van der Waals surface area contributed by atoms with Crippen molar-refractivity contribution in [2.45, 2.75) is 25.8 Å². The number of carbonyl (C=O) groups excluding carboxylic acids is 1. The van der Waals surface area contributed by atoms with Crippen LogP contribution in [0.15, 0.2) is 18.2 Å². The van der Waals surface area contributed by atoms with Crippen molar-refractivity contribution in [1.82, 2.24) is 10.2 Å². The van der Waals surface area contributed by atoms with Gasteiger partial charge in [0, 0.05) is 42.9 Å². The lowest BCUT2D eigenvalue weighted by Gasteiger charge is -2.36. The molecule has 1 aromatic rings. The van der Waals surface area contributed by atoms with E-state index in [0.717, 1.165) is 44.0 Å². The maximum absolute atomic E-state index is 11.8. The number of hydrogen-bond acceptors (Lipinski definition) is 3. The second kappa shape index (κ2) is 6.24. The minimum absolute atomic E-state index is 0.171. The Morgan fingerprint density at radius 3 is 2.67 bits per heavy atom. The summed E-state index contributed by atoms with van der Waals surface area (Å²) in [6.07, 6.45) is 2.29. The largest absolute Gasteiger partial charge is 0.369 e. The molecular weight excluding hydrogens is 286 g/mol. The van der Waals surface area contributed by atoms with Crippen molar-refractivity contribution in [3.63, 3.8) is 0 Å². The summed E-state index contributed by atoms with van der Waals surface area (Å²) < 4.78 is 0. The molecule has 0 unspecified atom stereocenters. The van der Waals surface area contributed by atoms with Crippen LogP contribution < -0.4 is 10.2 Å². The van der Waals surface area contributed by atoms with Gasteiger partial charge in [0.2, 0.25) is 5.91 Å². The second-order valence-corrected chi connectivity index (χ2v) is 6.47. The van der Waals surface area contributed by atoms with Crippen LogP contribution >= 0.6 is 11.6 Å². The van der Waals surface area contributed by atoms with Gasteiger partial charge in [-0.05, 0) is 37.5 Å². The maximum atomic E-state index is 11.8. The molecule has 0 bridgehead atoms. The number of rotatable bonds is 4. The zero-order valence-electron chi connectivity index (χ0n) is 12.4. The van der Waals surface area contributed by atoms with Gasteiger partial charge < -0.3 is 10.2 Å². The molecule has 1 heterocycles. The molecule has 3 rings (SSSR count). The molecule has 0 spiro atoms. The first-order valence-corrected chi connectivity index (χ1v) is 8.02. The van der Waals surface area contributed by atoms with Gasteiger partial charge in [-0.15, -0.1) is 0 Å². The minimum Gasteiger partial charge on any atom is -0.369 e. The molecule has 1 saturated carbocycles. The van der Waals surface area contributed by atoms with Gasteiger partial charge in [0.15, 0.2) is 0 Å². The third-order valence-electron chi connectivity index (χ3n) is 4.19. The number of aryl methyl sites for hydroxylation is 1. The molecule has 114 valence electrons. The Balaban J connectivity index is 1.52. The van der Waals surface area contributed by atoms with Crippen molar-refractivity contribution in [2.24, 2.45) is 0 Å². The Bertz CT molecular complexity index is 522. The first-order chi connectivity index (χ1) is 10.1. The highest BCUT2D eigenvalue weighted by atomic mass is 35.5. The minimum atomic E-state index is 0.171. The Morgan fingerprint density at radius 1 is 1.29 bits per heavy atom. The fourth-order valence-corrected chi connectivity index (χ4v) is 2.94. The van der Waals surface area contributed by atoms with E-state index in [1.165, 1.54) is 11.3 Å². The lowest BCUT2D eigenvalue weighted by atomic mass is 10.1. The Kier molecular flexibility index (Phi) is 4.36. The van der Waals surface area contributed by atoms with Crippen LogP contribution in [0.4, 0.5) is 5.69 Å². The number of benzene rings is 1. The zero-order chi connectivity index (χ0) is 14.8. The number of halogens is 1. The van der Waals surface area contributed by atoms with Crippen LogP contribution in [0, 0.1) is 6.92 Å². The van der Waals surface area contributed by atoms with E-state index in [1.54, 1.807) is 0 Å². The standard InChI is InChI=1S/C16H22ClN3O/c1-12-2-3-13(17)10-15(12)20-8-6-19(7-9-20)11-16(21)18-14-4-5-14/h2-3,10,14H,4-9,11H2,1H3,(H,18,21). The first kappa shape index (κ1) is 14.7. The summed E-state index contributed by atoms with van der Waals surface area (Å²) in [6, 6.07) is 6.48. The van der Waals surface area contributed by atoms with Gasteiger partial charge in [-0.25, -0.2) is 0 Å². The van der Waals surface area contributed by atoms with Crippen LogP contribution in [0.5, 0.6) is 0 Å². The number of hydrogen-bond donors (Lipinski definition) is 1. The molecule has 1 aliphatic carbocycles. The topological polar surface area (TPSA) is 35.6 Å². The van der Waals surface area contributed by atoms with Crippen LogP contribution in [0.1, 0.15) is 18.4 Å². The normalized spacial score (nSPS) is 19.6. The zero-order valence-corrected chi connectivity index (χ0v) is 13.2. The number of piperazine rings is 1. The maximum Gasteiger partial charge on any atom is 0.234 e. The fourth-order valence-electron chi connectivity index (χ4n) is 2.77. The highest BCUT2D eigenvalue weighted by Gasteiger charge is 2.25. The lowest BCUT2D eigenvalue weighted by molar-refractivity contribution is -0.122. The number of amides is 1. The molecule has 1 N–H and O–H groups in total. The van der Waals surface area contributed by atoms with Crippen LogP contribution in [0.2, 0.25) is 5.02 Å². The molecule has 2 fully saturated rings. The van der Waals surface area contributed by atoms with E-state index < -0.39 is 0 Å². The molecule has 0 radical (unpaired) electrons. The predicted octanol–water partition coefficient (Wildman–Crippen LogP) is 2.05. The van der Waals surface area contributed by atoms with E-state index in [4.69, 9.17) is 11.6 Å². The average Bonchev–Trinajstić information content (AvgIpc) is 3.26. The van der Waals surface area contributed by atoms with Crippen LogP contribution in [0.25, 0.3) is 0 Å². The smallest absolute Gasteiger partial charge is 0.234 e. The van der Waals surface area contributed by atoms with Crippen molar-refractivity contribution in [3.8, 4) is 0 Å². The summed E-state index contributed by atoms with van der Waals surface area (Å²) >= 11 is 6.10. The fraction of sp³-hybridized carbons (Fsp3) is 0.562. The first-order valence-electron chi connectivity index (χ1n) is 7.64. The van der Waals surface area contributed by atoms with E-state index in [2.05, 4.69) is 28.1 Å². The molecule has 2 aliphatic rings. The van der Waals surface area contributed by atoms with E-state index in [0.29, 0.717) is 12.6 Å². The number of anilines is 1. The van der Waals surface area contributed by atoms with Crippen molar-refractivity contribution in [2.75, 3.05) is 37.6 Å². The monoisotopic (exact) mass is 307 g/mol. The molecule has 21 heavy (non-hydrogen) atoms. The molecule has 1 aromatic carbocycles. The molecular formula is C16H22ClN3O. The quantitative estimate of drug-likeness (QED) is 0.925. The molecule has 1 amide bonds. The number of carbonyl (C=O) groups is 1. The highest BCUT2D eigenvalue weighted by Crippen LogP contribution is 2.25. The molecule has 0 atom stereocenters. The lowest BCUT2D eigenvalue weighted by Crippen LogP contribution is -2.49. The van der Waals surface area contributed by atoms with Gasteiger partial charge in [-0.1, -0.05) is 17.7 Å².